The van der Waals surface area contributed by atoms with Gasteiger partial charge in [0.15, 0.2) is 5.78 Å². The first-order chi connectivity index (χ1) is 13.6. The molecule has 0 fully saturated rings. The molecule has 2 aromatic carbocycles. The monoisotopic (exact) mass is 412 g/mol. The molecule has 0 aromatic heterocycles. The number of Topliss-reactive ketones (excluding diaryl/α,β-unsaturated/α-hetero) is 1. The van der Waals surface area contributed by atoms with Gasteiger partial charge in [0.05, 0.1) is 20.6 Å². The Balaban J connectivity index is 2.31. The fourth-order valence-electron chi connectivity index (χ4n) is 3.66. The van der Waals surface area contributed by atoms with Gasteiger partial charge < -0.3 is 5.32 Å². The Labute approximate surface area is 168 Å². The van der Waals surface area contributed by atoms with E-state index in [-0.39, 0.29) is 26.8 Å². The summed E-state index contributed by atoms with van der Waals surface area (Å²) in [6.07, 6.45) is 0. The lowest BCUT2D eigenvalue weighted by Crippen LogP contribution is -2.30. The molecule has 0 saturated heterocycles. The number of hydrogen-bond donors (Lipinski definition) is 1. The molecule has 2 aromatic rings. The van der Waals surface area contributed by atoms with E-state index < -0.39 is 20.7 Å². The highest BCUT2D eigenvalue weighted by Gasteiger charge is 2.39. The molecule has 0 radical (unpaired) electrons. The Hall–Kier alpha value is -3.26. The number of benzene rings is 2. The smallest absolute Gasteiger partial charge is 0.269 e. The molecule has 1 aliphatic heterocycles. The van der Waals surface area contributed by atoms with Crippen LogP contribution in [0.1, 0.15) is 32.3 Å². The number of nitro benzene ring substituents is 1. The van der Waals surface area contributed by atoms with E-state index in [4.69, 9.17) is 0 Å². The van der Waals surface area contributed by atoms with Crippen LogP contribution >= 0.6 is 0 Å². The summed E-state index contributed by atoms with van der Waals surface area (Å²) in [4.78, 5) is 23.3. The van der Waals surface area contributed by atoms with Gasteiger partial charge in [-0.1, -0.05) is 30.3 Å². The van der Waals surface area contributed by atoms with Crippen molar-refractivity contribution in [2.45, 2.75) is 31.6 Å². The minimum absolute atomic E-state index is 0.0139. The molecule has 3 rings (SSSR count). The van der Waals surface area contributed by atoms with Gasteiger partial charge in [0.2, 0.25) is 9.84 Å². The van der Waals surface area contributed by atoms with E-state index >= 15 is 0 Å². The maximum atomic E-state index is 13.5. The SMILES string of the molecule is CC(=O)C1=C(C)NC(C)=C(S(=O)(=O)c2ccccc2)C1c1cccc([N+](=O)[O-])c1. The number of rotatable bonds is 5. The zero-order valence-electron chi connectivity index (χ0n) is 16.2. The Bertz CT molecular complexity index is 1160. The van der Waals surface area contributed by atoms with Gasteiger partial charge in [-0.2, -0.15) is 0 Å². The van der Waals surface area contributed by atoms with Gasteiger partial charge in [-0.3, -0.25) is 14.9 Å². The lowest BCUT2D eigenvalue weighted by Gasteiger charge is -2.31. The van der Waals surface area contributed by atoms with Gasteiger partial charge in [0.25, 0.3) is 5.69 Å². The Morgan fingerprint density at radius 2 is 1.69 bits per heavy atom. The zero-order chi connectivity index (χ0) is 21.3. The molecule has 0 aliphatic carbocycles. The van der Waals surface area contributed by atoms with E-state index in [0.29, 0.717) is 17.0 Å². The number of nitrogens with one attached hydrogen (secondary N) is 1. The van der Waals surface area contributed by atoms with Gasteiger partial charge in [0.1, 0.15) is 0 Å². The Kier molecular flexibility index (Phi) is 5.39. The van der Waals surface area contributed by atoms with Crippen molar-refractivity contribution in [1.82, 2.24) is 5.32 Å². The highest BCUT2D eigenvalue weighted by Crippen LogP contribution is 2.43. The topological polar surface area (TPSA) is 106 Å². The second-order valence-corrected chi connectivity index (χ2v) is 8.73. The molecule has 1 aliphatic rings. The molecule has 0 amide bonds. The molecule has 29 heavy (non-hydrogen) atoms. The predicted octanol–water partition coefficient (Wildman–Crippen LogP) is 3.85. The average molecular weight is 412 g/mol. The van der Waals surface area contributed by atoms with Crippen LogP contribution < -0.4 is 5.32 Å². The number of ketones is 1. The standard InChI is InChI=1S/C21H20N2O5S/c1-13-19(15(3)24)20(16-8-7-9-17(12-16)23(25)26)21(14(2)22-13)29(27,28)18-10-5-4-6-11-18/h4-12,20,22H,1-3H3. The number of carbonyl (C=O) groups excluding carboxylic acids is 1. The molecule has 7 nitrogen and oxygen atoms in total. The summed E-state index contributed by atoms with van der Waals surface area (Å²) >= 11 is 0. The lowest BCUT2D eigenvalue weighted by atomic mass is 9.84. The van der Waals surface area contributed by atoms with Crippen LogP contribution in [0.3, 0.4) is 0 Å². The first-order valence-corrected chi connectivity index (χ1v) is 10.4. The highest BCUT2D eigenvalue weighted by molar-refractivity contribution is 7.95. The van der Waals surface area contributed by atoms with Crippen molar-refractivity contribution in [3.05, 3.63) is 92.1 Å². The van der Waals surface area contributed by atoms with Gasteiger partial charge in [0, 0.05) is 29.1 Å². The van der Waals surface area contributed by atoms with Gasteiger partial charge in [-0.25, -0.2) is 8.42 Å². The molecule has 1 heterocycles. The van der Waals surface area contributed by atoms with Crippen molar-refractivity contribution in [3.63, 3.8) is 0 Å². The van der Waals surface area contributed by atoms with E-state index in [9.17, 15) is 23.3 Å². The maximum absolute atomic E-state index is 13.5. The number of nitrogens with zero attached hydrogens (tertiary/aromatic N) is 1. The molecule has 150 valence electrons. The van der Waals surface area contributed by atoms with Crippen molar-refractivity contribution < 1.29 is 18.1 Å². The first-order valence-electron chi connectivity index (χ1n) is 8.88. The van der Waals surface area contributed by atoms with E-state index in [1.54, 1.807) is 38.1 Å². The van der Waals surface area contributed by atoms with Crippen molar-refractivity contribution in [3.8, 4) is 0 Å². The molecule has 0 spiro atoms. The summed E-state index contributed by atoms with van der Waals surface area (Å²) < 4.78 is 27.0. The summed E-state index contributed by atoms with van der Waals surface area (Å²) in [5.74, 6) is -1.25. The number of dihydropyridines is 1. The van der Waals surface area contributed by atoms with Crippen LogP contribution in [-0.2, 0) is 14.6 Å². The van der Waals surface area contributed by atoms with Crippen LogP contribution in [0.25, 0.3) is 0 Å². The normalized spacial score (nSPS) is 17.1. The molecule has 1 N–H and O–H groups in total. The summed E-state index contributed by atoms with van der Waals surface area (Å²) in [6.45, 7) is 4.68. The van der Waals surface area contributed by atoms with Crippen molar-refractivity contribution >= 4 is 21.3 Å². The number of carbonyl (C=O) groups is 1. The Morgan fingerprint density at radius 1 is 1.03 bits per heavy atom. The molecular weight excluding hydrogens is 392 g/mol. The molecule has 1 unspecified atom stereocenters. The van der Waals surface area contributed by atoms with Crippen molar-refractivity contribution in [2.24, 2.45) is 0 Å². The first kappa shape index (κ1) is 20.5. The lowest BCUT2D eigenvalue weighted by molar-refractivity contribution is -0.384. The number of sulfone groups is 1. The Morgan fingerprint density at radius 3 is 2.28 bits per heavy atom. The van der Waals surface area contributed by atoms with E-state index in [1.165, 1.54) is 37.3 Å². The third kappa shape index (κ3) is 3.71. The number of allylic oxidation sites excluding steroid dienone is 4. The van der Waals surface area contributed by atoms with E-state index in [0.717, 1.165) is 0 Å². The fraction of sp³-hybridized carbons (Fsp3) is 0.190. The minimum Gasteiger partial charge on any atom is -0.362 e. The average Bonchev–Trinajstić information content (AvgIpc) is 2.67. The highest BCUT2D eigenvalue weighted by atomic mass is 32.2. The van der Waals surface area contributed by atoms with Crippen LogP contribution in [0, 0.1) is 10.1 Å². The van der Waals surface area contributed by atoms with E-state index in [1.807, 2.05) is 0 Å². The summed E-state index contributed by atoms with van der Waals surface area (Å²) in [7, 11) is -3.97. The third-order valence-electron chi connectivity index (χ3n) is 4.84. The van der Waals surface area contributed by atoms with Crippen LogP contribution in [0.5, 0.6) is 0 Å². The van der Waals surface area contributed by atoms with Crippen LogP contribution in [0.2, 0.25) is 0 Å². The number of hydrogen-bond acceptors (Lipinski definition) is 6. The van der Waals surface area contributed by atoms with Gasteiger partial charge in [-0.05, 0) is 38.5 Å². The molecule has 0 saturated carbocycles. The van der Waals surface area contributed by atoms with Crippen molar-refractivity contribution in [2.75, 3.05) is 0 Å². The molecule has 8 heteroatoms. The van der Waals surface area contributed by atoms with Gasteiger partial charge in [-0.15, -0.1) is 0 Å². The second-order valence-electron chi connectivity index (χ2n) is 6.81. The fourth-order valence-corrected chi connectivity index (χ4v) is 5.45. The number of non-ortho nitro benzene ring substituents is 1. The second kappa shape index (κ2) is 7.63. The summed E-state index contributed by atoms with van der Waals surface area (Å²) in [5.41, 5.74) is 1.38. The van der Waals surface area contributed by atoms with Crippen LogP contribution in [-0.4, -0.2) is 19.1 Å². The largest absolute Gasteiger partial charge is 0.362 e. The predicted molar refractivity (Wildman–Crippen MR) is 109 cm³/mol. The molecular formula is C21H20N2O5S. The molecule has 1 atom stereocenters. The third-order valence-corrected chi connectivity index (χ3v) is 6.85. The van der Waals surface area contributed by atoms with Gasteiger partial charge >= 0.3 is 0 Å². The zero-order valence-corrected chi connectivity index (χ0v) is 17.0. The van der Waals surface area contributed by atoms with Crippen molar-refractivity contribution in [1.29, 1.82) is 0 Å². The quantitative estimate of drug-likeness (QED) is 0.590. The molecule has 0 bridgehead atoms. The van der Waals surface area contributed by atoms with Crippen LogP contribution in [0.15, 0.2) is 81.4 Å². The summed E-state index contributed by atoms with van der Waals surface area (Å²) in [6, 6.07) is 13.7. The minimum atomic E-state index is -3.97. The van der Waals surface area contributed by atoms with E-state index in [2.05, 4.69) is 5.32 Å². The number of nitro groups is 1. The van der Waals surface area contributed by atoms with Crippen LogP contribution in [0.4, 0.5) is 5.69 Å². The maximum Gasteiger partial charge on any atom is 0.269 e. The summed E-state index contributed by atoms with van der Waals surface area (Å²) in [5, 5.41) is 14.3.